The van der Waals surface area contributed by atoms with Crippen LogP contribution in [0.4, 0.5) is 0 Å². The van der Waals surface area contributed by atoms with Crippen LogP contribution in [0.25, 0.3) is 50.3 Å². The average Bonchev–Trinajstić information content (AvgIpc) is 3.57. The van der Waals surface area contributed by atoms with E-state index in [1.807, 2.05) is 6.07 Å². The summed E-state index contributed by atoms with van der Waals surface area (Å²) in [4.78, 5) is 10.6. The van der Waals surface area contributed by atoms with Gasteiger partial charge in [0.1, 0.15) is 17.3 Å². The molecule has 1 atom stereocenters. The number of hydrogen-bond acceptors (Lipinski definition) is 3. The number of rotatable bonds is 5. The SMILES string of the molecule is CC1(c2nc(-c3ccccc3)cc(-c3ccc(-c4ccccc4)cc3)n2)C=CC=C(c2ccc3c(c2)Oc2ccccc2C32c3ccccc3-c3ccccc32)C1. The molecule has 57 heavy (non-hydrogen) atoms. The Morgan fingerprint density at radius 3 is 1.65 bits per heavy atom. The molecular weight excluding hydrogens is 693 g/mol. The highest BCUT2D eigenvalue weighted by molar-refractivity contribution is 5.89. The number of para-hydroxylation sites is 1. The molecule has 0 fully saturated rings. The van der Waals surface area contributed by atoms with Crippen LogP contribution in [0.2, 0.25) is 0 Å². The molecule has 3 nitrogen and oxygen atoms in total. The van der Waals surface area contributed by atoms with Gasteiger partial charge in [-0.15, -0.1) is 0 Å². The van der Waals surface area contributed by atoms with Gasteiger partial charge in [0.05, 0.1) is 16.8 Å². The maximum Gasteiger partial charge on any atom is 0.139 e. The van der Waals surface area contributed by atoms with Crippen LogP contribution < -0.4 is 4.74 Å². The molecule has 0 N–H and O–H groups in total. The lowest BCUT2D eigenvalue weighted by Crippen LogP contribution is -2.32. The molecule has 8 aromatic rings. The number of benzene rings is 7. The summed E-state index contributed by atoms with van der Waals surface area (Å²) in [7, 11) is 0. The number of nitrogens with zero attached hydrogens (tertiary/aromatic N) is 2. The molecule has 11 rings (SSSR count). The van der Waals surface area contributed by atoms with Gasteiger partial charge in [0.15, 0.2) is 0 Å². The van der Waals surface area contributed by atoms with E-state index in [1.165, 1.54) is 50.1 Å². The van der Waals surface area contributed by atoms with Crippen molar-refractivity contribution in [3.8, 4) is 56.3 Å². The molecular formula is C54H38N2O. The van der Waals surface area contributed by atoms with Crippen molar-refractivity contribution < 1.29 is 4.74 Å². The second-order valence-electron chi connectivity index (χ2n) is 15.6. The van der Waals surface area contributed by atoms with Gasteiger partial charge < -0.3 is 4.74 Å². The van der Waals surface area contributed by atoms with E-state index in [0.29, 0.717) is 0 Å². The van der Waals surface area contributed by atoms with Gasteiger partial charge >= 0.3 is 0 Å². The number of aromatic nitrogens is 2. The van der Waals surface area contributed by atoms with Crippen LogP contribution in [0.5, 0.6) is 11.5 Å². The van der Waals surface area contributed by atoms with Crippen molar-refractivity contribution in [2.24, 2.45) is 0 Å². The van der Waals surface area contributed by atoms with Gasteiger partial charge in [0.2, 0.25) is 0 Å². The third-order valence-electron chi connectivity index (χ3n) is 12.1. The van der Waals surface area contributed by atoms with Crippen molar-refractivity contribution in [2.45, 2.75) is 24.2 Å². The molecule has 0 radical (unpaired) electrons. The fourth-order valence-electron chi connectivity index (χ4n) is 9.37. The topological polar surface area (TPSA) is 35.0 Å². The summed E-state index contributed by atoms with van der Waals surface area (Å²) >= 11 is 0. The monoisotopic (exact) mass is 730 g/mol. The number of ether oxygens (including phenoxy) is 1. The highest BCUT2D eigenvalue weighted by Gasteiger charge is 2.51. The second-order valence-corrected chi connectivity index (χ2v) is 15.6. The normalized spacial score (nSPS) is 16.8. The van der Waals surface area contributed by atoms with Crippen LogP contribution in [0.1, 0.15) is 47.0 Å². The molecule has 1 aliphatic heterocycles. The van der Waals surface area contributed by atoms with Crippen LogP contribution in [0.3, 0.4) is 0 Å². The Bertz CT molecular complexity index is 2860. The van der Waals surface area contributed by atoms with Crippen molar-refractivity contribution in [3.63, 3.8) is 0 Å². The van der Waals surface area contributed by atoms with Crippen molar-refractivity contribution in [3.05, 3.63) is 234 Å². The van der Waals surface area contributed by atoms with Gasteiger partial charge in [-0.1, -0.05) is 182 Å². The fourth-order valence-corrected chi connectivity index (χ4v) is 9.37. The smallest absolute Gasteiger partial charge is 0.139 e. The summed E-state index contributed by atoms with van der Waals surface area (Å²) in [5, 5.41) is 0. The van der Waals surface area contributed by atoms with E-state index < -0.39 is 10.8 Å². The van der Waals surface area contributed by atoms with Gasteiger partial charge in [-0.2, -0.15) is 0 Å². The molecule has 0 saturated heterocycles. The molecule has 0 bridgehead atoms. The number of hydrogen-bond donors (Lipinski definition) is 0. The Hall–Kier alpha value is -7.10. The van der Waals surface area contributed by atoms with E-state index in [-0.39, 0.29) is 0 Å². The zero-order valence-electron chi connectivity index (χ0n) is 31.6. The van der Waals surface area contributed by atoms with Crippen molar-refractivity contribution in [1.82, 2.24) is 9.97 Å². The zero-order chi connectivity index (χ0) is 38.0. The van der Waals surface area contributed by atoms with E-state index in [0.717, 1.165) is 51.8 Å². The largest absolute Gasteiger partial charge is 0.457 e. The molecule has 2 aliphatic carbocycles. The molecule has 1 unspecified atom stereocenters. The van der Waals surface area contributed by atoms with Gasteiger partial charge in [-0.25, -0.2) is 9.97 Å². The zero-order valence-corrected chi connectivity index (χ0v) is 31.6. The third kappa shape index (κ3) is 5.27. The van der Waals surface area contributed by atoms with Crippen molar-refractivity contribution in [1.29, 1.82) is 0 Å². The molecule has 7 aromatic carbocycles. The average molecular weight is 731 g/mol. The van der Waals surface area contributed by atoms with Crippen LogP contribution in [-0.2, 0) is 10.8 Å². The number of fused-ring (bicyclic) bond motifs is 9. The lowest BCUT2D eigenvalue weighted by Gasteiger charge is -2.39. The fraction of sp³-hybridized carbons (Fsp3) is 0.0741. The van der Waals surface area contributed by atoms with Gasteiger partial charge in [0, 0.05) is 27.7 Å². The summed E-state index contributed by atoms with van der Waals surface area (Å²) in [5.74, 6) is 2.58. The lowest BCUT2D eigenvalue weighted by molar-refractivity contribution is 0.436. The van der Waals surface area contributed by atoms with Crippen LogP contribution in [-0.4, -0.2) is 9.97 Å². The molecule has 1 spiro atoms. The minimum atomic E-state index is -0.479. The predicted molar refractivity (Wildman–Crippen MR) is 231 cm³/mol. The van der Waals surface area contributed by atoms with E-state index >= 15 is 0 Å². The van der Waals surface area contributed by atoms with Crippen molar-refractivity contribution >= 4 is 5.57 Å². The van der Waals surface area contributed by atoms with Crippen LogP contribution in [0.15, 0.2) is 200 Å². The highest BCUT2D eigenvalue weighted by atomic mass is 16.5. The Kier molecular flexibility index (Phi) is 7.58. The first-order valence-corrected chi connectivity index (χ1v) is 19.7. The first kappa shape index (κ1) is 33.3. The standard InChI is InChI=1S/C54H38N2O/c1-53(52-55-48(38-17-6-3-7-18-38)34-49(56-52)39-28-26-37(27-29-39)36-15-4-2-5-16-36)32-14-19-41(35-53)40-30-31-47-51(33-40)57-50-25-13-12-24-46(50)54(47)44-22-10-8-20-42(44)43-21-9-11-23-45(43)54/h2-34H,35H2,1H3. The first-order chi connectivity index (χ1) is 28.1. The second kappa shape index (κ2) is 13.0. The van der Waals surface area contributed by atoms with Crippen LogP contribution >= 0.6 is 0 Å². The van der Waals surface area contributed by atoms with Gasteiger partial charge in [0.25, 0.3) is 0 Å². The van der Waals surface area contributed by atoms with Crippen molar-refractivity contribution in [2.75, 3.05) is 0 Å². The van der Waals surface area contributed by atoms with E-state index in [9.17, 15) is 0 Å². The minimum Gasteiger partial charge on any atom is -0.457 e. The highest BCUT2D eigenvalue weighted by Crippen LogP contribution is 2.62. The van der Waals surface area contributed by atoms with Gasteiger partial charge in [-0.3, -0.25) is 0 Å². The number of allylic oxidation sites excluding steroid dienone is 4. The molecule has 2 heterocycles. The molecule has 3 heteroatoms. The maximum absolute atomic E-state index is 6.86. The van der Waals surface area contributed by atoms with Gasteiger partial charge in [-0.05, 0) is 76.1 Å². The van der Waals surface area contributed by atoms with E-state index in [2.05, 4.69) is 201 Å². The quantitative estimate of drug-likeness (QED) is 0.177. The lowest BCUT2D eigenvalue weighted by atomic mass is 9.66. The Labute approximate surface area is 333 Å². The van der Waals surface area contributed by atoms with E-state index in [4.69, 9.17) is 14.7 Å². The predicted octanol–water partition coefficient (Wildman–Crippen LogP) is 13.2. The molecule has 0 amide bonds. The molecule has 270 valence electrons. The summed E-state index contributed by atoms with van der Waals surface area (Å²) < 4.78 is 6.86. The van der Waals surface area contributed by atoms with E-state index in [1.54, 1.807) is 0 Å². The summed E-state index contributed by atoms with van der Waals surface area (Å²) in [6.45, 7) is 2.26. The Morgan fingerprint density at radius 1 is 0.456 bits per heavy atom. The summed E-state index contributed by atoms with van der Waals surface area (Å²) in [6, 6.07) is 64.9. The minimum absolute atomic E-state index is 0.457. The molecule has 3 aliphatic rings. The summed E-state index contributed by atoms with van der Waals surface area (Å²) in [6.07, 6.45) is 7.41. The summed E-state index contributed by atoms with van der Waals surface area (Å²) in [5.41, 5.74) is 15.2. The Morgan fingerprint density at radius 2 is 0.965 bits per heavy atom. The first-order valence-electron chi connectivity index (χ1n) is 19.7. The molecule has 0 saturated carbocycles. The van der Waals surface area contributed by atoms with Crippen LogP contribution in [0, 0.1) is 0 Å². The molecule has 1 aromatic heterocycles. The Balaban J connectivity index is 0.993. The maximum atomic E-state index is 6.86. The third-order valence-corrected chi connectivity index (χ3v) is 12.1.